The zero-order valence-corrected chi connectivity index (χ0v) is 33.1. The Morgan fingerprint density at radius 2 is 1.44 bits per heavy atom. The third kappa shape index (κ3) is 5.58. The molecule has 7 N–H and O–H groups in total. The second-order valence-electron chi connectivity index (χ2n) is 20.1. The minimum absolute atomic E-state index is 0.0164. The fourth-order valence-corrected chi connectivity index (χ4v) is 14.4. The van der Waals surface area contributed by atoms with Gasteiger partial charge in [0.2, 0.25) is 0 Å². The SMILES string of the molecule is CC(C)=CC1CC(C)(O)C2C3CCC4C5(C)CCC(OC6OC(CO)C(O)C(O)C6OC6OC(CO)C(O)C6O)C(C)(C)C5CCC4(C)C34COC2(C4)O1. The highest BCUT2D eigenvalue weighted by Crippen LogP contribution is 2.80. The molecule has 0 aromatic carbocycles. The summed E-state index contributed by atoms with van der Waals surface area (Å²) in [6.07, 6.45) is -3.44. The lowest BCUT2D eigenvalue weighted by atomic mass is 9.35. The summed E-state index contributed by atoms with van der Waals surface area (Å²) < 4.78 is 38.1. The molecule has 4 aliphatic heterocycles. The van der Waals surface area contributed by atoms with E-state index in [-0.39, 0.29) is 45.7 Å². The zero-order chi connectivity index (χ0) is 39.0. The van der Waals surface area contributed by atoms with Crippen molar-refractivity contribution < 1.29 is 64.2 Å². The van der Waals surface area contributed by atoms with Crippen molar-refractivity contribution in [2.24, 2.45) is 45.3 Å². The third-order valence-electron chi connectivity index (χ3n) is 16.7. The smallest absolute Gasteiger partial charge is 0.187 e. The highest BCUT2D eigenvalue weighted by atomic mass is 16.8. The molecule has 0 aromatic heterocycles. The van der Waals surface area contributed by atoms with Gasteiger partial charge in [0, 0.05) is 24.2 Å². The van der Waals surface area contributed by atoms with E-state index in [1.54, 1.807) is 0 Å². The molecule has 0 amide bonds. The van der Waals surface area contributed by atoms with Crippen molar-refractivity contribution in [2.75, 3.05) is 19.8 Å². The molecule has 2 bridgehead atoms. The van der Waals surface area contributed by atoms with E-state index < -0.39 is 79.9 Å². The summed E-state index contributed by atoms with van der Waals surface area (Å²) in [5.74, 6) is 0.176. The molecule has 2 spiro atoms. The summed E-state index contributed by atoms with van der Waals surface area (Å²) in [5.41, 5.74) is -0.203. The molecule has 54 heavy (non-hydrogen) atoms. The molecule has 20 unspecified atom stereocenters. The first-order chi connectivity index (χ1) is 25.3. The molecule has 13 heteroatoms. The predicted molar refractivity (Wildman–Crippen MR) is 192 cm³/mol. The van der Waals surface area contributed by atoms with E-state index in [0.717, 1.165) is 38.5 Å². The standard InChI is InChI=1S/C41H66O13/c1-20(2)14-21-15-39(7,48)33-22-8-9-26-37(5)12-11-27(36(3,4)25(37)10-13-38(26,6)40(22)18-41(33,54-21)49-19-40)52-35-32(30(46)28(44)23(16-42)51-35)53-34-31(47)29(45)24(17-43)50-34/h14,21-35,42-48H,8-13,15-19H2,1-7H3. The Labute approximate surface area is 319 Å². The van der Waals surface area contributed by atoms with E-state index >= 15 is 0 Å². The summed E-state index contributed by atoms with van der Waals surface area (Å²) in [7, 11) is 0. The molecule has 13 nitrogen and oxygen atoms in total. The average Bonchev–Trinajstić information content (AvgIpc) is 3.71. The minimum Gasteiger partial charge on any atom is -0.394 e. The summed E-state index contributed by atoms with van der Waals surface area (Å²) >= 11 is 0. The van der Waals surface area contributed by atoms with Gasteiger partial charge in [-0.25, -0.2) is 0 Å². The average molecular weight is 767 g/mol. The highest BCUT2D eigenvalue weighted by Gasteiger charge is 2.81. The Hall–Kier alpha value is -0.780. The molecule has 8 fully saturated rings. The van der Waals surface area contributed by atoms with Crippen LogP contribution in [0.25, 0.3) is 0 Å². The molecular formula is C41H66O13. The van der Waals surface area contributed by atoms with Crippen molar-refractivity contribution in [3.05, 3.63) is 11.6 Å². The van der Waals surface area contributed by atoms with Crippen LogP contribution < -0.4 is 0 Å². The summed E-state index contributed by atoms with van der Waals surface area (Å²) in [4.78, 5) is 0. The van der Waals surface area contributed by atoms with Crippen molar-refractivity contribution in [3.63, 3.8) is 0 Å². The Balaban J connectivity index is 1.04. The summed E-state index contributed by atoms with van der Waals surface area (Å²) in [6, 6.07) is 0. The van der Waals surface area contributed by atoms with Crippen molar-refractivity contribution in [3.8, 4) is 0 Å². The van der Waals surface area contributed by atoms with Gasteiger partial charge in [-0.15, -0.1) is 0 Å². The molecule has 0 aromatic rings. The number of hydrogen-bond acceptors (Lipinski definition) is 13. The van der Waals surface area contributed by atoms with Crippen molar-refractivity contribution in [2.45, 2.75) is 179 Å². The van der Waals surface area contributed by atoms with Crippen LogP contribution in [-0.2, 0) is 28.4 Å². The van der Waals surface area contributed by atoms with Gasteiger partial charge in [0.15, 0.2) is 18.4 Å². The molecule has 4 saturated carbocycles. The lowest BCUT2D eigenvalue weighted by Gasteiger charge is -2.70. The van der Waals surface area contributed by atoms with Crippen LogP contribution in [0.5, 0.6) is 0 Å². The molecular weight excluding hydrogens is 700 g/mol. The number of fused-ring (bicyclic) bond motifs is 4. The molecule has 20 atom stereocenters. The molecule has 8 aliphatic rings. The largest absolute Gasteiger partial charge is 0.394 e. The Morgan fingerprint density at radius 3 is 2.11 bits per heavy atom. The van der Waals surface area contributed by atoms with Gasteiger partial charge < -0.3 is 64.2 Å². The van der Waals surface area contributed by atoms with Gasteiger partial charge in [0.25, 0.3) is 0 Å². The maximum absolute atomic E-state index is 12.1. The highest BCUT2D eigenvalue weighted by molar-refractivity contribution is 5.26. The molecule has 0 radical (unpaired) electrons. The van der Waals surface area contributed by atoms with Crippen LogP contribution in [0.15, 0.2) is 11.6 Å². The maximum Gasteiger partial charge on any atom is 0.187 e. The Morgan fingerprint density at radius 1 is 0.778 bits per heavy atom. The fourth-order valence-electron chi connectivity index (χ4n) is 14.4. The van der Waals surface area contributed by atoms with Crippen LogP contribution >= 0.6 is 0 Å². The van der Waals surface area contributed by atoms with Crippen LogP contribution in [0.1, 0.15) is 99.8 Å². The monoisotopic (exact) mass is 766 g/mol. The molecule has 4 heterocycles. The van der Waals surface area contributed by atoms with E-state index in [0.29, 0.717) is 31.3 Å². The van der Waals surface area contributed by atoms with E-state index in [9.17, 15) is 35.7 Å². The fraction of sp³-hybridized carbons (Fsp3) is 0.951. The van der Waals surface area contributed by atoms with Crippen LogP contribution in [0.2, 0.25) is 0 Å². The maximum atomic E-state index is 12.1. The second kappa shape index (κ2) is 13.4. The van der Waals surface area contributed by atoms with Gasteiger partial charge in [-0.05, 0) is 93.3 Å². The van der Waals surface area contributed by atoms with Crippen LogP contribution in [0, 0.1) is 45.3 Å². The first-order valence-electron chi connectivity index (χ1n) is 20.5. The normalized spacial score (nSPS) is 57.5. The van der Waals surface area contributed by atoms with E-state index in [1.807, 2.05) is 6.92 Å². The molecule has 4 aliphatic carbocycles. The number of allylic oxidation sites excluding steroid dienone is 1. The van der Waals surface area contributed by atoms with E-state index in [4.69, 9.17) is 28.4 Å². The Kier molecular flexibility index (Phi) is 9.91. The lowest BCUT2D eigenvalue weighted by Crippen LogP contribution is -2.67. The van der Waals surface area contributed by atoms with Crippen LogP contribution in [0.3, 0.4) is 0 Å². The zero-order valence-electron chi connectivity index (χ0n) is 33.1. The van der Waals surface area contributed by atoms with Crippen LogP contribution in [0.4, 0.5) is 0 Å². The van der Waals surface area contributed by atoms with Gasteiger partial charge >= 0.3 is 0 Å². The minimum atomic E-state index is -1.56. The molecule has 4 saturated heterocycles. The van der Waals surface area contributed by atoms with Crippen molar-refractivity contribution >= 4 is 0 Å². The molecule has 308 valence electrons. The predicted octanol–water partition coefficient (Wildman–Crippen LogP) is 2.14. The van der Waals surface area contributed by atoms with Crippen molar-refractivity contribution in [1.82, 2.24) is 0 Å². The van der Waals surface area contributed by atoms with Gasteiger partial charge in [0.05, 0.1) is 37.6 Å². The first-order valence-corrected chi connectivity index (χ1v) is 20.5. The number of aliphatic hydroxyl groups excluding tert-OH is 6. The molecule has 8 rings (SSSR count). The lowest BCUT2D eigenvalue weighted by molar-refractivity contribution is -0.358. The van der Waals surface area contributed by atoms with E-state index in [1.165, 1.54) is 5.57 Å². The number of rotatable bonds is 7. The van der Waals surface area contributed by atoms with Gasteiger partial charge in [-0.2, -0.15) is 0 Å². The van der Waals surface area contributed by atoms with Gasteiger partial charge in [-0.1, -0.05) is 39.3 Å². The van der Waals surface area contributed by atoms with Gasteiger partial charge in [-0.3, -0.25) is 0 Å². The topological polar surface area (TPSA) is 197 Å². The number of hydrogen-bond donors (Lipinski definition) is 7. The third-order valence-corrected chi connectivity index (χ3v) is 16.7. The first kappa shape index (κ1) is 40.0. The summed E-state index contributed by atoms with van der Waals surface area (Å²) in [5, 5.41) is 74.8. The summed E-state index contributed by atoms with van der Waals surface area (Å²) in [6.45, 7) is 15.2. The van der Waals surface area contributed by atoms with Crippen molar-refractivity contribution in [1.29, 1.82) is 0 Å². The van der Waals surface area contributed by atoms with E-state index in [2.05, 4.69) is 47.6 Å². The van der Waals surface area contributed by atoms with Gasteiger partial charge in [0.1, 0.15) is 42.7 Å². The number of aliphatic hydroxyl groups is 7. The second-order valence-corrected chi connectivity index (χ2v) is 20.1. The number of ether oxygens (including phenoxy) is 6. The van der Waals surface area contributed by atoms with Crippen LogP contribution in [-0.4, -0.2) is 134 Å². The Bertz CT molecular complexity index is 1450. The quantitative estimate of drug-likeness (QED) is 0.147.